The third kappa shape index (κ3) is 4.60. The number of methoxy groups -OCH3 is 1. The summed E-state index contributed by atoms with van der Waals surface area (Å²) in [5.74, 6) is 0.580. The van der Waals surface area contributed by atoms with Gasteiger partial charge in [0.1, 0.15) is 5.75 Å². The van der Waals surface area contributed by atoms with E-state index in [4.69, 9.17) is 4.74 Å². The average Bonchev–Trinajstić information content (AvgIpc) is 3.26. The first kappa shape index (κ1) is 23.7. The summed E-state index contributed by atoms with van der Waals surface area (Å²) in [6.07, 6.45) is 0.695. The minimum atomic E-state index is -0.246. The summed E-state index contributed by atoms with van der Waals surface area (Å²) in [6, 6.07) is 30.7. The number of carbonyl (C=O) groups excluding carboxylic acids is 2. The summed E-state index contributed by atoms with van der Waals surface area (Å²) in [6.45, 7) is 2.03. The molecule has 0 saturated heterocycles. The van der Waals surface area contributed by atoms with Crippen molar-refractivity contribution in [3.05, 3.63) is 103 Å². The number of carbonyl (C=O) groups is 2. The molecule has 180 valence electrons. The number of aromatic nitrogens is 1. The van der Waals surface area contributed by atoms with Crippen molar-refractivity contribution in [3.63, 3.8) is 0 Å². The fourth-order valence-electron chi connectivity index (χ4n) is 4.34. The van der Waals surface area contributed by atoms with Crippen molar-refractivity contribution < 1.29 is 14.3 Å². The fraction of sp³-hybridized carbons (Fsp3) is 0.133. The molecule has 4 aromatic carbocycles. The average molecular weight is 495 g/mol. The Bertz CT molecular complexity index is 1490. The van der Waals surface area contributed by atoms with Crippen molar-refractivity contribution in [2.24, 2.45) is 0 Å². The van der Waals surface area contributed by atoms with E-state index in [1.807, 2.05) is 72.2 Å². The van der Waals surface area contributed by atoms with E-state index in [2.05, 4.69) is 17.4 Å². The van der Waals surface area contributed by atoms with Gasteiger partial charge in [-0.05, 0) is 67.1 Å². The molecule has 5 aromatic rings. The molecule has 5 nitrogen and oxygen atoms in total. The van der Waals surface area contributed by atoms with Crippen LogP contribution in [0.4, 0.5) is 5.69 Å². The summed E-state index contributed by atoms with van der Waals surface area (Å²) in [4.78, 5) is 27.3. The summed E-state index contributed by atoms with van der Waals surface area (Å²) in [7, 11) is 1.59. The van der Waals surface area contributed by atoms with Gasteiger partial charge in [0.25, 0.3) is 5.91 Å². The van der Waals surface area contributed by atoms with Gasteiger partial charge in [-0.1, -0.05) is 43.3 Å². The highest BCUT2D eigenvalue weighted by atomic mass is 32.2. The highest BCUT2D eigenvalue weighted by Gasteiger charge is 2.23. The van der Waals surface area contributed by atoms with E-state index in [-0.39, 0.29) is 17.1 Å². The lowest BCUT2D eigenvalue weighted by Gasteiger charge is -2.16. The second-order valence-corrected chi connectivity index (χ2v) is 9.71. The molecular formula is C30H26N2O3S. The molecule has 0 aliphatic carbocycles. The first-order valence-electron chi connectivity index (χ1n) is 11.8. The van der Waals surface area contributed by atoms with Crippen LogP contribution >= 0.6 is 11.8 Å². The molecule has 0 bridgehead atoms. The van der Waals surface area contributed by atoms with E-state index in [1.165, 1.54) is 0 Å². The molecule has 1 aromatic heterocycles. The Morgan fingerprint density at radius 1 is 0.833 bits per heavy atom. The van der Waals surface area contributed by atoms with Crippen molar-refractivity contribution in [2.75, 3.05) is 12.4 Å². The number of fused-ring (bicyclic) bond motifs is 3. The Balaban J connectivity index is 1.34. The second-order valence-electron chi connectivity index (χ2n) is 8.43. The van der Waals surface area contributed by atoms with Gasteiger partial charge in [0.15, 0.2) is 0 Å². The van der Waals surface area contributed by atoms with Crippen LogP contribution in [0.2, 0.25) is 0 Å². The molecule has 6 heteroatoms. The Kier molecular flexibility index (Phi) is 6.78. The van der Waals surface area contributed by atoms with Crippen LogP contribution in [-0.4, -0.2) is 28.7 Å². The molecule has 0 fully saturated rings. The third-order valence-electron chi connectivity index (χ3n) is 6.19. The molecule has 0 aliphatic rings. The molecule has 0 saturated carbocycles. The van der Waals surface area contributed by atoms with Crippen molar-refractivity contribution in [1.29, 1.82) is 0 Å². The van der Waals surface area contributed by atoms with Crippen LogP contribution in [0.3, 0.4) is 0 Å². The maximum atomic E-state index is 13.8. The SMILES string of the molecule is CCC(Sc1ccc(NC(=O)c2ccc(OC)cc2)cc1)C(=O)n1c2ccccc2c2ccccc21. The standard InChI is InChI=1S/C30H26N2O3S/c1-3-28(30(34)32-26-10-6-4-8-24(26)25-9-5-7-11-27(25)32)36-23-18-14-21(15-19-23)31-29(33)20-12-16-22(35-2)17-13-20/h4-19,28H,3H2,1-2H3,(H,31,33). The largest absolute Gasteiger partial charge is 0.497 e. The first-order chi connectivity index (χ1) is 17.6. The van der Waals surface area contributed by atoms with Crippen molar-refractivity contribution >= 4 is 51.1 Å². The van der Waals surface area contributed by atoms with Crippen LogP contribution in [0.25, 0.3) is 21.8 Å². The van der Waals surface area contributed by atoms with Crippen molar-refractivity contribution in [1.82, 2.24) is 4.57 Å². The number of thioether (sulfide) groups is 1. The molecule has 1 atom stereocenters. The van der Waals surface area contributed by atoms with Gasteiger partial charge in [-0.15, -0.1) is 11.8 Å². The summed E-state index contributed by atoms with van der Waals surface area (Å²) < 4.78 is 7.00. The van der Waals surface area contributed by atoms with Gasteiger partial charge in [0.2, 0.25) is 5.91 Å². The Hall–Kier alpha value is -4.03. The van der Waals surface area contributed by atoms with E-state index in [1.54, 1.807) is 43.1 Å². The number of para-hydroxylation sites is 2. The number of nitrogens with zero attached hydrogens (tertiary/aromatic N) is 1. The Labute approximate surface area is 214 Å². The van der Waals surface area contributed by atoms with E-state index < -0.39 is 0 Å². The van der Waals surface area contributed by atoms with Crippen LogP contribution in [-0.2, 0) is 0 Å². The van der Waals surface area contributed by atoms with E-state index in [9.17, 15) is 9.59 Å². The van der Waals surface area contributed by atoms with Crippen LogP contribution in [0.1, 0.15) is 28.5 Å². The topological polar surface area (TPSA) is 60.3 Å². The van der Waals surface area contributed by atoms with Crippen LogP contribution in [0.15, 0.2) is 102 Å². The van der Waals surface area contributed by atoms with Gasteiger partial charge in [-0.3, -0.25) is 14.2 Å². The molecule has 0 aliphatic heterocycles. The summed E-state index contributed by atoms with van der Waals surface area (Å²) in [5, 5.41) is 4.83. The molecule has 1 heterocycles. The Morgan fingerprint density at radius 3 is 1.97 bits per heavy atom. The lowest BCUT2D eigenvalue weighted by Crippen LogP contribution is -2.23. The van der Waals surface area contributed by atoms with Crippen LogP contribution in [0.5, 0.6) is 5.75 Å². The maximum Gasteiger partial charge on any atom is 0.255 e. The molecular weight excluding hydrogens is 468 g/mol. The van der Waals surface area contributed by atoms with Crippen molar-refractivity contribution in [2.45, 2.75) is 23.5 Å². The van der Waals surface area contributed by atoms with E-state index in [0.717, 1.165) is 26.7 Å². The minimum absolute atomic E-state index is 0.0665. The molecule has 36 heavy (non-hydrogen) atoms. The zero-order valence-electron chi connectivity index (χ0n) is 20.1. The summed E-state index contributed by atoms with van der Waals surface area (Å²) in [5.41, 5.74) is 3.11. The third-order valence-corrected chi connectivity index (χ3v) is 7.55. The smallest absolute Gasteiger partial charge is 0.255 e. The number of hydrogen-bond donors (Lipinski definition) is 1. The van der Waals surface area contributed by atoms with E-state index in [0.29, 0.717) is 23.4 Å². The maximum absolute atomic E-state index is 13.8. The monoisotopic (exact) mass is 494 g/mol. The van der Waals surface area contributed by atoms with Gasteiger partial charge in [-0.25, -0.2) is 0 Å². The number of benzene rings is 4. The number of anilines is 1. The van der Waals surface area contributed by atoms with Crippen LogP contribution < -0.4 is 10.1 Å². The number of nitrogens with one attached hydrogen (secondary N) is 1. The molecule has 1 unspecified atom stereocenters. The lowest BCUT2D eigenvalue weighted by atomic mass is 10.2. The molecule has 1 amide bonds. The van der Waals surface area contributed by atoms with Gasteiger partial charge in [0.05, 0.1) is 23.4 Å². The van der Waals surface area contributed by atoms with Crippen molar-refractivity contribution in [3.8, 4) is 5.75 Å². The van der Waals surface area contributed by atoms with Gasteiger partial charge in [-0.2, -0.15) is 0 Å². The zero-order chi connectivity index (χ0) is 25.1. The quantitative estimate of drug-likeness (QED) is 0.242. The van der Waals surface area contributed by atoms with Gasteiger partial charge >= 0.3 is 0 Å². The summed E-state index contributed by atoms with van der Waals surface area (Å²) >= 11 is 1.54. The highest BCUT2D eigenvalue weighted by Crippen LogP contribution is 2.33. The lowest BCUT2D eigenvalue weighted by molar-refractivity contribution is 0.0918. The number of hydrogen-bond acceptors (Lipinski definition) is 4. The second kappa shape index (κ2) is 10.3. The van der Waals surface area contributed by atoms with Crippen LogP contribution in [0, 0.1) is 0 Å². The van der Waals surface area contributed by atoms with Gasteiger partial charge < -0.3 is 10.1 Å². The molecule has 0 spiro atoms. The molecule has 0 radical (unpaired) electrons. The number of ether oxygens (including phenoxy) is 1. The molecule has 5 rings (SSSR count). The van der Waals surface area contributed by atoms with Gasteiger partial charge in [0, 0.05) is 26.9 Å². The zero-order valence-corrected chi connectivity index (χ0v) is 20.9. The number of rotatable bonds is 7. The van der Waals surface area contributed by atoms with E-state index >= 15 is 0 Å². The minimum Gasteiger partial charge on any atom is -0.497 e. The first-order valence-corrected chi connectivity index (χ1v) is 12.7. The number of amides is 1. The predicted molar refractivity (Wildman–Crippen MR) is 147 cm³/mol. The fourth-order valence-corrected chi connectivity index (χ4v) is 5.33. The normalized spacial score (nSPS) is 11.9. The Morgan fingerprint density at radius 2 is 1.42 bits per heavy atom. The molecule has 1 N–H and O–H groups in total. The predicted octanol–water partition coefficient (Wildman–Crippen LogP) is 7.27. The highest BCUT2D eigenvalue weighted by molar-refractivity contribution is 8.00.